The van der Waals surface area contributed by atoms with Gasteiger partial charge in [0, 0.05) is 12.6 Å². The molecule has 0 bridgehead atoms. The number of hydrogen-bond donors (Lipinski definition) is 2. The van der Waals surface area contributed by atoms with Crippen LogP contribution in [0.25, 0.3) is 0 Å². The maximum Gasteiger partial charge on any atom is 0.271 e. The fourth-order valence-corrected chi connectivity index (χ4v) is 3.09. The van der Waals surface area contributed by atoms with Gasteiger partial charge in [-0.15, -0.1) is 0 Å². The van der Waals surface area contributed by atoms with Crippen molar-refractivity contribution in [3.63, 3.8) is 0 Å². The zero-order valence-electron chi connectivity index (χ0n) is 14.3. The molecule has 1 atom stereocenters. The molecule has 1 amide bonds. The summed E-state index contributed by atoms with van der Waals surface area (Å²) in [4.78, 5) is 24.3. The lowest BCUT2D eigenvalue weighted by Gasteiger charge is -2.22. The summed E-state index contributed by atoms with van der Waals surface area (Å²) in [5.41, 5.74) is 1.03. The van der Waals surface area contributed by atoms with Gasteiger partial charge in [-0.05, 0) is 49.9 Å². The molecule has 0 spiro atoms. The fourth-order valence-electron chi connectivity index (χ4n) is 3.09. The third kappa shape index (κ3) is 5.00. The first-order valence-electron chi connectivity index (χ1n) is 8.83. The van der Waals surface area contributed by atoms with Gasteiger partial charge in [-0.1, -0.05) is 30.3 Å². The number of carbonyl (C=O) groups is 1. The van der Waals surface area contributed by atoms with Gasteiger partial charge < -0.3 is 10.6 Å². The van der Waals surface area contributed by atoms with Gasteiger partial charge in [-0.2, -0.15) is 5.10 Å². The number of nitrogens with zero attached hydrogens (tertiary/aromatic N) is 2. The third-order valence-corrected chi connectivity index (χ3v) is 4.51. The second kappa shape index (κ2) is 8.58. The van der Waals surface area contributed by atoms with E-state index < -0.39 is 0 Å². The third-order valence-electron chi connectivity index (χ3n) is 4.51. The first-order chi connectivity index (χ1) is 12.2. The highest BCUT2D eigenvalue weighted by Crippen LogP contribution is 2.12. The van der Waals surface area contributed by atoms with Gasteiger partial charge in [0.1, 0.15) is 5.69 Å². The Balaban J connectivity index is 1.58. The van der Waals surface area contributed by atoms with E-state index in [4.69, 9.17) is 0 Å². The number of hydrogen-bond acceptors (Lipinski definition) is 4. The van der Waals surface area contributed by atoms with Gasteiger partial charge in [-0.3, -0.25) is 9.59 Å². The number of piperidine rings is 1. The minimum Gasteiger partial charge on any atom is -0.351 e. The average Bonchev–Trinajstić information content (AvgIpc) is 2.65. The molecule has 0 radical (unpaired) electrons. The van der Waals surface area contributed by atoms with Gasteiger partial charge in [0.15, 0.2) is 0 Å². The van der Waals surface area contributed by atoms with Crippen molar-refractivity contribution in [2.24, 2.45) is 5.92 Å². The monoisotopic (exact) mass is 340 g/mol. The molecule has 0 aliphatic carbocycles. The van der Waals surface area contributed by atoms with E-state index in [-0.39, 0.29) is 17.2 Å². The van der Waals surface area contributed by atoms with Crippen LogP contribution in [0.3, 0.4) is 0 Å². The smallest absolute Gasteiger partial charge is 0.271 e. The Morgan fingerprint density at radius 1 is 1.24 bits per heavy atom. The largest absolute Gasteiger partial charge is 0.351 e. The zero-order valence-corrected chi connectivity index (χ0v) is 14.3. The molecule has 3 rings (SSSR count). The van der Waals surface area contributed by atoms with E-state index in [1.54, 1.807) is 0 Å². The molecule has 0 saturated carbocycles. The van der Waals surface area contributed by atoms with Gasteiger partial charge in [0.25, 0.3) is 11.5 Å². The zero-order chi connectivity index (χ0) is 17.5. The number of nitrogens with one attached hydrogen (secondary N) is 2. The molecule has 2 N–H and O–H groups in total. The second-order valence-corrected chi connectivity index (χ2v) is 6.46. The molecule has 1 aromatic carbocycles. The topological polar surface area (TPSA) is 76.0 Å². The standard InChI is InChI=1S/C19H24N4O2/c24-18-9-8-17(22-23(18)14-16-5-2-1-3-6-16)19(25)21-12-10-15-7-4-11-20-13-15/h1-3,5-6,8-9,15,20H,4,7,10-14H2,(H,21,25). The van der Waals surface area contributed by atoms with Crippen LogP contribution in [0.2, 0.25) is 0 Å². The van der Waals surface area contributed by atoms with Crippen LogP contribution in [0.5, 0.6) is 0 Å². The molecule has 1 aromatic heterocycles. The fraction of sp³-hybridized carbons (Fsp3) is 0.421. The van der Waals surface area contributed by atoms with E-state index in [0.29, 0.717) is 19.0 Å². The Morgan fingerprint density at radius 2 is 2.08 bits per heavy atom. The molecule has 2 aromatic rings. The van der Waals surface area contributed by atoms with Crippen LogP contribution in [0.4, 0.5) is 0 Å². The Hall–Kier alpha value is -2.47. The molecule has 6 nitrogen and oxygen atoms in total. The summed E-state index contributed by atoms with van der Waals surface area (Å²) in [6, 6.07) is 12.5. The number of amides is 1. The predicted molar refractivity (Wildman–Crippen MR) is 96.6 cm³/mol. The van der Waals surface area contributed by atoms with Gasteiger partial charge in [0.2, 0.25) is 0 Å². The van der Waals surface area contributed by atoms with Crippen LogP contribution in [-0.2, 0) is 6.54 Å². The highest BCUT2D eigenvalue weighted by atomic mass is 16.2. The molecule has 132 valence electrons. The van der Waals surface area contributed by atoms with Crippen LogP contribution >= 0.6 is 0 Å². The highest BCUT2D eigenvalue weighted by Gasteiger charge is 2.14. The van der Waals surface area contributed by atoms with Gasteiger partial charge >= 0.3 is 0 Å². The molecular formula is C19H24N4O2. The summed E-state index contributed by atoms with van der Waals surface area (Å²) < 4.78 is 1.33. The minimum absolute atomic E-state index is 0.214. The van der Waals surface area contributed by atoms with Crippen molar-refractivity contribution < 1.29 is 4.79 Å². The molecule has 1 aliphatic rings. The number of rotatable bonds is 6. The quantitative estimate of drug-likeness (QED) is 0.834. The van der Waals surface area contributed by atoms with E-state index >= 15 is 0 Å². The summed E-state index contributed by atoms with van der Waals surface area (Å²) in [6.07, 6.45) is 3.37. The maximum atomic E-state index is 12.3. The molecule has 1 saturated heterocycles. The second-order valence-electron chi connectivity index (χ2n) is 6.46. The van der Waals surface area contributed by atoms with Crippen LogP contribution in [-0.4, -0.2) is 35.3 Å². The average molecular weight is 340 g/mol. The van der Waals surface area contributed by atoms with Crippen molar-refractivity contribution in [3.8, 4) is 0 Å². The highest BCUT2D eigenvalue weighted by molar-refractivity contribution is 5.91. The first kappa shape index (κ1) is 17.4. The number of carbonyl (C=O) groups excluding carboxylic acids is 1. The van der Waals surface area contributed by atoms with Crippen molar-refractivity contribution in [1.29, 1.82) is 0 Å². The van der Waals surface area contributed by atoms with Crippen LogP contribution < -0.4 is 16.2 Å². The van der Waals surface area contributed by atoms with Crippen LogP contribution in [0.1, 0.15) is 35.3 Å². The van der Waals surface area contributed by atoms with Crippen LogP contribution in [0.15, 0.2) is 47.3 Å². The van der Waals surface area contributed by atoms with Gasteiger partial charge in [-0.25, -0.2) is 4.68 Å². The Labute approximate surface area is 147 Å². The molecule has 1 aliphatic heterocycles. The van der Waals surface area contributed by atoms with E-state index in [9.17, 15) is 9.59 Å². The molecule has 25 heavy (non-hydrogen) atoms. The summed E-state index contributed by atoms with van der Waals surface area (Å²) in [5.74, 6) is 0.389. The van der Waals surface area contributed by atoms with E-state index in [1.807, 2.05) is 30.3 Å². The minimum atomic E-state index is -0.231. The van der Waals surface area contributed by atoms with Crippen molar-refractivity contribution in [3.05, 3.63) is 64.1 Å². The normalized spacial score (nSPS) is 17.2. The SMILES string of the molecule is O=C(NCCC1CCCNC1)c1ccc(=O)n(Cc2ccccc2)n1. The molecule has 1 fully saturated rings. The predicted octanol–water partition coefficient (Wildman–Crippen LogP) is 1.41. The Bertz CT molecular complexity index is 752. The first-order valence-corrected chi connectivity index (χ1v) is 8.83. The van der Waals surface area contributed by atoms with Crippen LogP contribution in [0, 0.1) is 5.92 Å². The molecular weight excluding hydrogens is 316 g/mol. The van der Waals surface area contributed by atoms with Crippen molar-refractivity contribution >= 4 is 5.91 Å². The lowest BCUT2D eigenvalue weighted by atomic mass is 9.96. The Morgan fingerprint density at radius 3 is 2.84 bits per heavy atom. The summed E-state index contributed by atoms with van der Waals surface area (Å²) in [5, 5.41) is 10.5. The van der Waals surface area contributed by atoms with E-state index in [1.165, 1.54) is 29.7 Å². The lowest BCUT2D eigenvalue weighted by molar-refractivity contribution is 0.0943. The van der Waals surface area contributed by atoms with E-state index in [0.717, 1.165) is 25.1 Å². The molecule has 6 heteroatoms. The van der Waals surface area contributed by atoms with Crippen molar-refractivity contribution in [1.82, 2.24) is 20.4 Å². The van der Waals surface area contributed by atoms with Crippen molar-refractivity contribution in [2.75, 3.05) is 19.6 Å². The number of aromatic nitrogens is 2. The van der Waals surface area contributed by atoms with Crippen molar-refractivity contribution in [2.45, 2.75) is 25.8 Å². The summed E-state index contributed by atoms with van der Waals surface area (Å²) in [7, 11) is 0. The lowest BCUT2D eigenvalue weighted by Crippen LogP contribution is -2.34. The Kier molecular flexibility index (Phi) is 5.95. The maximum absolute atomic E-state index is 12.3. The summed E-state index contributed by atoms with van der Waals surface area (Å²) >= 11 is 0. The number of benzene rings is 1. The molecule has 1 unspecified atom stereocenters. The van der Waals surface area contributed by atoms with E-state index in [2.05, 4.69) is 15.7 Å². The summed E-state index contributed by atoms with van der Waals surface area (Å²) in [6.45, 7) is 3.10. The van der Waals surface area contributed by atoms with Gasteiger partial charge in [0.05, 0.1) is 6.54 Å². The molecule has 2 heterocycles.